The first kappa shape index (κ1) is 13.6. The van der Waals surface area contributed by atoms with Crippen molar-refractivity contribution in [3.8, 4) is 11.8 Å². The highest BCUT2D eigenvalue weighted by atomic mass is 16.2. The lowest BCUT2D eigenvalue weighted by atomic mass is 9.78. The van der Waals surface area contributed by atoms with E-state index in [0.717, 1.165) is 18.4 Å². The number of benzene rings is 1. The second-order valence-electron chi connectivity index (χ2n) is 5.38. The first-order chi connectivity index (χ1) is 9.04. The fourth-order valence-electron chi connectivity index (χ4n) is 2.27. The van der Waals surface area contributed by atoms with Crippen LogP contribution < -0.4 is 5.32 Å². The van der Waals surface area contributed by atoms with E-state index < -0.39 is 0 Å². The molecule has 3 nitrogen and oxygen atoms in total. The van der Waals surface area contributed by atoms with Gasteiger partial charge in [0.25, 0.3) is 5.91 Å². The van der Waals surface area contributed by atoms with Crippen molar-refractivity contribution in [3.05, 3.63) is 34.9 Å². The maximum absolute atomic E-state index is 12.3. The largest absolute Gasteiger partial charge is 0.384 e. The summed E-state index contributed by atoms with van der Waals surface area (Å²) in [7, 11) is 0. The van der Waals surface area contributed by atoms with E-state index in [2.05, 4.69) is 24.1 Å². The molecular weight excluding hydrogens is 238 g/mol. The molecule has 19 heavy (non-hydrogen) atoms. The molecule has 0 unspecified atom stereocenters. The third kappa shape index (κ3) is 3.15. The molecule has 1 aliphatic carbocycles. The molecule has 0 spiro atoms. The minimum Gasteiger partial charge on any atom is -0.384 e. The van der Waals surface area contributed by atoms with Gasteiger partial charge in [0, 0.05) is 11.1 Å². The molecule has 1 fully saturated rings. The quantitative estimate of drug-likeness (QED) is 0.796. The van der Waals surface area contributed by atoms with Crippen LogP contribution in [-0.4, -0.2) is 23.2 Å². The fraction of sp³-hybridized carbons (Fsp3) is 0.438. The van der Waals surface area contributed by atoms with E-state index >= 15 is 0 Å². The van der Waals surface area contributed by atoms with E-state index in [1.807, 2.05) is 19.1 Å². The zero-order chi connectivity index (χ0) is 13.9. The van der Waals surface area contributed by atoms with E-state index in [4.69, 9.17) is 5.11 Å². The molecule has 100 valence electrons. The van der Waals surface area contributed by atoms with Crippen LogP contribution in [0.25, 0.3) is 0 Å². The van der Waals surface area contributed by atoms with Crippen molar-refractivity contribution >= 4 is 5.91 Å². The van der Waals surface area contributed by atoms with Crippen LogP contribution in [0.1, 0.15) is 47.7 Å². The maximum Gasteiger partial charge on any atom is 0.252 e. The standard InChI is InChI=1S/C16H19NO2/c1-12-6-7-14(13(11-12)5-3-10-18)15(19)17-16(2)8-4-9-16/h6-7,11,18H,4,8-10H2,1-2H3,(H,17,19). The Kier molecular flexibility index (Phi) is 3.92. The summed E-state index contributed by atoms with van der Waals surface area (Å²) in [6.07, 6.45) is 3.23. The van der Waals surface area contributed by atoms with Crippen molar-refractivity contribution in [3.63, 3.8) is 0 Å². The Morgan fingerprint density at radius 1 is 1.47 bits per heavy atom. The van der Waals surface area contributed by atoms with Crippen LogP contribution in [0.15, 0.2) is 18.2 Å². The Labute approximate surface area is 114 Å². The molecule has 1 saturated carbocycles. The number of carbonyl (C=O) groups is 1. The average Bonchev–Trinajstić information content (AvgIpc) is 2.34. The van der Waals surface area contributed by atoms with Crippen molar-refractivity contribution in [2.75, 3.05) is 6.61 Å². The van der Waals surface area contributed by atoms with Crippen molar-refractivity contribution in [1.82, 2.24) is 5.32 Å². The minimum absolute atomic E-state index is 0.0658. The Morgan fingerprint density at radius 2 is 2.21 bits per heavy atom. The third-order valence-electron chi connectivity index (χ3n) is 3.59. The van der Waals surface area contributed by atoms with E-state index in [0.29, 0.717) is 11.1 Å². The summed E-state index contributed by atoms with van der Waals surface area (Å²) in [5.41, 5.74) is 2.24. The monoisotopic (exact) mass is 257 g/mol. The molecule has 3 heteroatoms. The molecule has 2 N–H and O–H groups in total. The van der Waals surface area contributed by atoms with E-state index in [1.165, 1.54) is 6.42 Å². The van der Waals surface area contributed by atoms with Crippen LogP contribution in [0.5, 0.6) is 0 Å². The molecule has 0 aromatic heterocycles. The van der Waals surface area contributed by atoms with Crippen LogP contribution in [0.3, 0.4) is 0 Å². The van der Waals surface area contributed by atoms with Gasteiger partial charge in [-0.25, -0.2) is 0 Å². The maximum atomic E-state index is 12.3. The number of aliphatic hydroxyl groups excluding tert-OH is 1. The summed E-state index contributed by atoms with van der Waals surface area (Å²) < 4.78 is 0. The summed E-state index contributed by atoms with van der Waals surface area (Å²) >= 11 is 0. The SMILES string of the molecule is Cc1ccc(C(=O)NC2(C)CCC2)c(C#CCO)c1. The van der Waals surface area contributed by atoms with Gasteiger partial charge in [-0.15, -0.1) is 0 Å². The van der Waals surface area contributed by atoms with Crippen LogP contribution in [-0.2, 0) is 0 Å². The topological polar surface area (TPSA) is 49.3 Å². The molecule has 0 saturated heterocycles. The van der Waals surface area contributed by atoms with Gasteiger partial charge in [0.1, 0.15) is 6.61 Å². The highest BCUT2D eigenvalue weighted by Crippen LogP contribution is 2.31. The summed E-state index contributed by atoms with van der Waals surface area (Å²) in [5, 5.41) is 11.9. The number of carbonyl (C=O) groups excluding carboxylic acids is 1. The lowest BCUT2D eigenvalue weighted by Gasteiger charge is -2.39. The third-order valence-corrected chi connectivity index (χ3v) is 3.59. The first-order valence-corrected chi connectivity index (χ1v) is 6.57. The Bertz CT molecular complexity index is 548. The molecular formula is C16H19NO2. The average molecular weight is 257 g/mol. The fourth-order valence-corrected chi connectivity index (χ4v) is 2.27. The van der Waals surface area contributed by atoms with E-state index in [1.54, 1.807) is 6.07 Å². The number of hydrogen-bond acceptors (Lipinski definition) is 2. The molecule has 0 atom stereocenters. The number of aliphatic hydroxyl groups is 1. The van der Waals surface area contributed by atoms with Crippen LogP contribution in [0, 0.1) is 18.8 Å². The molecule has 0 heterocycles. The van der Waals surface area contributed by atoms with Gasteiger partial charge in [0.15, 0.2) is 0 Å². The molecule has 1 aliphatic rings. The predicted molar refractivity (Wildman–Crippen MR) is 74.9 cm³/mol. The van der Waals surface area contributed by atoms with Gasteiger partial charge < -0.3 is 10.4 Å². The lowest BCUT2D eigenvalue weighted by molar-refractivity contribution is 0.0850. The second kappa shape index (κ2) is 5.46. The first-order valence-electron chi connectivity index (χ1n) is 6.57. The normalized spacial score (nSPS) is 15.9. The summed E-state index contributed by atoms with van der Waals surface area (Å²) in [5.74, 6) is 5.37. The van der Waals surface area contributed by atoms with Gasteiger partial charge >= 0.3 is 0 Å². The summed E-state index contributed by atoms with van der Waals surface area (Å²) in [6.45, 7) is 3.83. The summed E-state index contributed by atoms with van der Waals surface area (Å²) in [4.78, 5) is 12.3. The van der Waals surface area contributed by atoms with E-state index in [9.17, 15) is 4.79 Å². The van der Waals surface area contributed by atoms with Gasteiger partial charge in [-0.05, 0) is 50.8 Å². The minimum atomic E-state index is -0.202. The number of aryl methyl sites for hydroxylation is 1. The van der Waals surface area contributed by atoms with Gasteiger partial charge in [-0.2, -0.15) is 0 Å². The molecule has 0 aliphatic heterocycles. The molecule has 0 radical (unpaired) electrons. The van der Waals surface area contributed by atoms with Crippen LogP contribution >= 0.6 is 0 Å². The van der Waals surface area contributed by atoms with Crippen LogP contribution in [0.4, 0.5) is 0 Å². The predicted octanol–water partition coefficient (Wildman–Crippen LogP) is 2.01. The van der Waals surface area contributed by atoms with Crippen molar-refractivity contribution in [2.24, 2.45) is 0 Å². The van der Waals surface area contributed by atoms with Crippen molar-refractivity contribution < 1.29 is 9.90 Å². The van der Waals surface area contributed by atoms with Gasteiger partial charge in [0.05, 0.1) is 5.56 Å². The number of rotatable bonds is 2. The molecule has 1 aromatic carbocycles. The highest BCUT2D eigenvalue weighted by Gasteiger charge is 2.33. The second-order valence-corrected chi connectivity index (χ2v) is 5.38. The van der Waals surface area contributed by atoms with Crippen LogP contribution in [0.2, 0.25) is 0 Å². The zero-order valence-corrected chi connectivity index (χ0v) is 11.4. The lowest BCUT2D eigenvalue weighted by Crippen LogP contribution is -2.51. The molecule has 0 bridgehead atoms. The van der Waals surface area contributed by atoms with Gasteiger partial charge in [-0.3, -0.25) is 4.79 Å². The Morgan fingerprint density at radius 3 is 2.79 bits per heavy atom. The van der Waals surface area contributed by atoms with Crippen molar-refractivity contribution in [1.29, 1.82) is 0 Å². The number of amides is 1. The molecule has 1 amide bonds. The zero-order valence-electron chi connectivity index (χ0n) is 11.4. The highest BCUT2D eigenvalue weighted by molar-refractivity contribution is 5.97. The smallest absolute Gasteiger partial charge is 0.252 e. The van der Waals surface area contributed by atoms with Gasteiger partial charge in [0.2, 0.25) is 0 Å². The van der Waals surface area contributed by atoms with Crippen molar-refractivity contribution in [2.45, 2.75) is 38.6 Å². The number of nitrogens with one attached hydrogen (secondary N) is 1. The molecule has 2 rings (SSSR count). The Balaban J connectivity index is 2.25. The van der Waals surface area contributed by atoms with E-state index in [-0.39, 0.29) is 18.1 Å². The van der Waals surface area contributed by atoms with Gasteiger partial charge in [-0.1, -0.05) is 17.9 Å². The summed E-state index contributed by atoms with van der Waals surface area (Å²) in [6, 6.07) is 5.58. The Hall–Kier alpha value is -1.79. The number of hydrogen-bond donors (Lipinski definition) is 2. The molecule has 1 aromatic rings.